The van der Waals surface area contributed by atoms with Crippen molar-refractivity contribution in [3.63, 3.8) is 0 Å². The molecule has 0 spiro atoms. The number of pyridine rings is 1. The van der Waals surface area contributed by atoms with Crippen molar-refractivity contribution < 1.29 is 4.79 Å². The molecule has 2 fully saturated rings. The molecule has 3 atom stereocenters. The molecule has 4 nitrogen and oxygen atoms in total. The second-order valence-corrected chi connectivity index (χ2v) is 9.62. The van der Waals surface area contributed by atoms with Crippen molar-refractivity contribution in [3.05, 3.63) is 59.4 Å². The number of aromatic nitrogens is 1. The summed E-state index contributed by atoms with van der Waals surface area (Å²) in [6.45, 7) is 3.17. The second kappa shape index (κ2) is 8.98. The van der Waals surface area contributed by atoms with Crippen molar-refractivity contribution in [2.45, 2.75) is 64.0 Å². The lowest BCUT2D eigenvalue weighted by atomic mass is 9.79. The third-order valence-corrected chi connectivity index (χ3v) is 7.83. The van der Waals surface area contributed by atoms with Gasteiger partial charge in [0.1, 0.15) is 0 Å². The summed E-state index contributed by atoms with van der Waals surface area (Å²) in [6, 6.07) is 11.1. The van der Waals surface area contributed by atoms with E-state index in [1.165, 1.54) is 30.5 Å². The van der Waals surface area contributed by atoms with Gasteiger partial charge in [-0.2, -0.15) is 0 Å². The average molecular weight is 428 g/mol. The highest BCUT2D eigenvalue weighted by Crippen LogP contribution is 2.50. The highest BCUT2D eigenvalue weighted by Gasteiger charge is 2.48. The Bertz CT molecular complexity index is 1030. The zero-order valence-electron chi connectivity index (χ0n) is 19.3. The van der Waals surface area contributed by atoms with Gasteiger partial charge in [0.25, 0.3) is 0 Å². The molecule has 0 radical (unpaired) electrons. The molecule has 1 aliphatic carbocycles. The molecule has 2 aliphatic heterocycles. The van der Waals surface area contributed by atoms with Gasteiger partial charge in [0.2, 0.25) is 5.91 Å². The van der Waals surface area contributed by atoms with Gasteiger partial charge in [-0.3, -0.25) is 9.78 Å². The van der Waals surface area contributed by atoms with Crippen molar-refractivity contribution >= 4 is 11.6 Å². The highest BCUT2D eigenvalue weighted by molar-refractivity contribution is 5.80. The van der Waals surface area contributed by atoms with Gasteiger partial charge in [-0.15, -0.1) is 0 Å². The maximum atomic E-state index is 13.6. The molecule has 5 rings (SSSR count). The van der Waals surface area contributed by atoms with E-state index in [-0.39, 0.29) is 12.0 Å². The summed E-state index contributed by atoms with van der Waals surface area (Å²) in [5, 5.41) is 0. The lowest BCUT2D eigenvalue weighted by Gasteiger charge is -2.45. The first-order valence-electron chi connectivity index (χ1n) is 12.3. The summed E-state index contributed by atoms with van der Waals surface area (Å²) in [4.78, 5) is 22.5. The number of likely N-dealkylation sites (tertiary alicyclic amines) is 1. The Morgan fingerprint density at radius 1 is 1.09 bits per heavy atom. The minimum atomic E-state index is 0.181. The summed E-state index contributed by atoms with van der Waals surface area (Å²) >= 11 is 0. The lowest BCUT2D eigenvalue weighted by molar-refractivity contribution is -0.138. The molecule has 32 heavy (non-hydrogen) atoms. The molecule has 166 valence electrons. The molecule has 1 saturated heterocycles. The van der Waals surface area contributed by atoms with E-state index in [1.54, 1.807) is 12.4 Å². The fourth-order valence-corrected chi connectivity index (χ4v) is 6.26. The van der Waals surface area contributed by atoms with Crippen LogP contribution in [0, 0.1) is 23.7 Å². The number of hydrogen-bond acceptors (Lipinski definition) is 3. The molecular formula is C28H33N3O. The lowest BCUT2D eigenvalue weighted by Crippen LogP contribution is -2.47. The minimum absolute atomic E-state index is 0.181. The molecule has 2 aromatic rings. The quantitative estimate of drug-likeness (QED) is 0.620. The van der Waals surface area contributed by atoms with Gasteiger partial charge in [-0.1, -0.05) is 38.0 Å². The van der Waals surface area contributed by atoms with Crippen molar-refractivity contribution in [1.82, 2.24) is 9.88 Å². The third-order valence-electron chi connectivity index (χ3n) is 7.83. The molecule has 1 aromatic carbocycles. The summed E-state index contributed by atoms with van der Waals surface area (Å²) in [7, 11) is 2.22. The van der Waals surface area contributed by atoms with E-state index in [4.69, 9.17) is 0 Å². The first kappa shape index (κ1) is 21.1. The fraction of sp³-hybridized carbons (Fsp3) is 0.500. The molecule has 1 aromatic heterocycles. The molecule has 0 bridgehead atoms. The van der Waals surface area contributed by atoms with Gasteiger partial charge in [0, 0.05) is 60.7 Å². The molecule has 1 unspecified atom stereocenters. The van der Waals surface area contributed by atoms with Crippen molar-refractivity contribution in [2.75, 3.05) is 18.5 Å². The van der Waals surface area contributed by atoms with E-state index in [2.05, 4.69) is 58.8 Å². The van der Waals surface area contributed by atoms with Crippen LogP contribution in [0.1, 0.15) is 74.6 Å². The maximum absolute atomic E-state index is 13.6. The van der Waals surface area contributed by atoms with Crippen LogP contribution in [0.4, 0.5) is 5.69 Å². The fourth-order valence-electron chi connectivity index (χ4n) is 6.26. The smallest absolute Gasteiger partial charge is 0.226 e. The Morgan fingerprint density at radius 3 is 2.66 bits per heavy atom. The van der Waals surface area contributed by atoms with Crippen LogP contribution >= 0.6 is 0 Å². The van der Waals surface area contributed by atoms with Gasteiger partial charge in [0.05, 0.1) is 6.04 Å². The average Bonchev–Trinajstić information content (AvgIpc) is 3.29. The summed E-state index contributed by atoms with van der Waals surface area (Å²) < 4.78 is 0. The van der Waals surface area contributed by atoms with Crippen LogP contribution in [0.25, 0.3) is 0 Å². The first-order valence-corrected chi connectivity index (χ1v) is 12.3. The van der Waals surface area contributed by atoms with E-state index in [0.717, 1.165) is 43.4 Å². The zero-order valence-corrected chi connectivity index (χ0v) is 19.3. The molecule has 1 saturated carbocycles. The maximum Gasteiger partial charge on any atom is 0.226 e. The zero-order chi connectivity index (χ0) is 22.1. The molecule has 3 aliphatic rings. The number of nitrogens with zero attached hydrogens (tertiary/aromatic N) is 3. The van der Waals surface area contributed by atoms with Crippen molar-refractivity contribution in [1.29, 1.82) is 0 Å². The number of carbonyl (C=O) groups is 1. The number of hydrogen-bond donors (Lipinski definition) is 0. The summed E-state index contributed by atoms with van der Waals surface area (Å²) in [5.41, 5.74) is 4.46. The summed E-state index contributed by atoms with van der Waals surface area (Å²) in [6.07, 6.45) is 11.6. The third kappa shape index (κ3) is 3.79. The number of anilines is 1. The largest absolute Gasteiger partial charge is 0.371 e. The van der Waals surface area contributed by atoms with E-state index in [9.17, 15) is 4.79 Å². The Kier molecular flexibility index (Phi) is 5.91. The standard InChI is InChI=1S/C28H33N3O/c1-3-25-23-15-17-31(28(32)22-9-5-4-6-10-22)27(23)24-18-20(13-14-26(24)30(25)2)11-12-21-8-7-16-29-19-21/h7-8,13-14,16,18-19,22-23,25,27H,3-6,9-10,15,17H2,1-2H3/t23-,25+,27?/m0/s1. The van der Waals surface area contributed by atoms with E-state index < -0.39 is 0 Å². The second-order valence-electron chi connectivity index (χ2n) is 9.62. The topological polar surface area (TPSA) is 36.4 Å². The van der Waals surface area contributed by atoms with Crippen LogP contribution in [0.2, 0.25) is 0 Å². The number of rotatable bonds is 2. The number of carbonyl (C=O) groups excluding carboxylic acids is 1. The molecule has 1 amide bonds. The SMILES string of the molecule is CC[C@@H]1[C@@H]2CCN(C(=O)C3CCCCC3)C2c2cc(C#Cc3cccnc3)ccc2N1C. The van der Waals surface area contributed by atoms with Crippen LogP contribution in [-0.4, -0.2) is 35.4 Å². The highest BCUT2D eigenvalue weighted by atomic mass is 16.2. The Hall–Kier alpha value is -2.80. The van der Waals surface area contributed by atoms with Gasteiger partial charge >= 0.3 is 0 Å². The number of fused-ring (bicyclic) bond motifs is 3. The van der Waals surface area contributed by atoms with Gasteiger partial charge in [-0.25, -0.2) is 0 Å². The molecule has 3 heterocycles. The van der Waals surface area contributed by atoms with Crippen LogP contribution in [0.15, 0.2) is 42.7 Å². The van der Waals surface area contributed by atoms with E-state index >= 15 is 0 Å². The van der Waals surface area contributed by atoms with Gasteiger partial charge < -0.3 is 9.80 Å². The van der Waals surface area contributed by atoms with Crippen LogP contribution in [0.5, 0.6) is 0 Å². The van der Waals surface area contributed by atoms with Gasteiger partial charge in [-0.05, 0) is 61.6 Å². The minimum Gasteiger partial charge on any atom is -0.371 e. The van der Waals surface area contributed by atoms with E-state index in [1.807, 2.05) is 12.1 Å². The predicted octanol–water partition coefficient (Wildman–Crippen LogP) is 5.18. The van der Waals surface area contributed by atoms with Crippen LogP contribution in [0.3, 0.4) is 0 Å². The Morgan fingerprint density at radius 2 is 1.91 bits per heavy atom. The van der Waals surface area contributed by atoms with E-state index in [0.29, 0.717) is 17.9 Å². The Balaban J connectivity index is 1.51. The normalized spacial score (nSPS) is 25.0. The summed E-state index contributed by atoms with van der Waals surface area (Å²) in [5.74, 6) is 7.68. The molecule has 4 heteroatoms. The Labute approximate surface area is 192 Å². The van der Waals surface area contributed by atoms with Crippen LogP contribution in [-0.2, 0) is 4.79 Å². The predicted molar refractivity (Wildman–Crippen MR) is 128 cm³/mol. The monoisotopic (exact) mass is 427 g/mol. The molecule has 0 N–H and O–H groups in total. The van der Waals surface area contributed by atoms with Gasteiger partial charge in [0.15, 0.2) is 0 Å². The first-order chi connectivity index (χ1) is 15.7. The van der Waals surface area contributed by atoms with Crippen molar-refractivity contribution in [2.24, 2.45) is 11.8 Å². The number of amides is 1. The van der Waals surface area contributed by atoms with Crippen molar-refractivity contribution in [3.8, 4) is 11.8 Å². The van der Waals surface area contributed by atoms with Crippen LogP contribution < -0.4 is 4.90 Å². The number of benzene rings is 1. The molecular weight excluding hydrogens is 394 g/mol.